The van der Waals surface area contributed by atoms with Gasteiger partial charge in [0.05, 0.1) is 6.54 Å². The number of ether oxygens (including phenoxy) is 1. The molecule has 2 aromatic carbocycles. The highest BCUT2D eigenvalue weighted by atomic mass is 16.5. The first kappa shape index (κ1) is 13.4. The number of esters is 1. The SMILES string of the molecule is CN(CC1C=CC(=O)O1)c1ccc(-c2ccccc2)cc1. The third-order valence-corrected chi connectivity index (χ3v) is 3.58. The van der Waals surface area contributed by atoms with Crippen LogP contribution in [0.1, 0.15) is 0 Å². The van der Waals surface area contributed by atoms with Crippen molar-refractivity contribution in [3.8, 4) is 11.1 Å². The number of carbonyl (C=O) groups excluding carboxylic acids is 1. The van der Waals surface area contributed by atoms with Gasteiger partial charge in [-0.25, -0.2) is 4.79 Å². The van der Waals surface area contributed by atoms with Gasteiger partial charge in [-0.3, -0.25) is 0 Å². The predicted molar refractivity (Wildman–Crippen MR) is 84.2 cm³/mol. The number of cyclic esters (lactones) is 1. The van der Waals surface area contributed by atoms with Gasteiger partial charge in [0.2, 0.25) is 0 Å². The molecule has 0 N–H and O–H groups in total. The maximum absolute atomic E-state index is 11.0. The summed E-state index contributed by atoms with van der Waals surface area (Å²) >= 11 is 0. The van der Waals surface area contributed by atoms with Crippen molar-refractivity contribution in [2.75, 3.05) is 18.5 Å². The Bertz CT molecular complexity index is 647. The molecule has 0 amide bonds. The van der Waals surface area contributed by atoms with Gasteiger partial charge in [0.15, 0.2) is 0 Å². The molecule has 0 aliphatic carbocycles. The molecule has 1 heterocycles. The fraction of sp³-hybridized carbons (Fsp3) is 0.167. The fourth-order valence-corrected chi connectivity index (χ4v) is 2.43. The average molecular weight is 279 g/mol. The van der Waals surface area contributed by atoms with E-state index in [9.17, 15) is 4.79 Å². The van der Waals surface area contributed by atoms with Crippen molar-refractivity contribution in [1.29, 1.82) is 0 Å². The molecule has 21 heavy (non-hydrogen) atoms. The van der Waals surface area contributed by atoms with Gasteiger partial charge >= 0.3 is 5.97 Å². The van der Waals surface area contributed by atoms with Gasteiger partial charge in [-0.2, -0.15) is 0 Å². The van der Waals surface area contributed by atoms with E-state index >= 15 is 0 Å². The zero-order valence-corrected chi connectivity index (χ0v) is 11.9. The minimum Gasteiger partial charge on any atom is -0.453 e. The van der Waals surface area contributed by atoms with Gasteiger partial charge in [0.25, 0.3) is 0 Å². The second-order valence-electron chi connectivity index (χ2n) is 5.13. The lowest BCUT2D eigenvalue weighted by Crippen LogP contribution is -2.28. The Morgan fingerprint density at radius 3 is 2.29 bits per heavy atom. The Balaban J connectivity index is 1.69. The van der Waals surface area contributed by atoms with Crippen LogP contribution in [-0.4, -0.2) is 25.7 Å². The lowest BCUT2D eigenvalue weighted by molar-refractivity contribution is -0.138. The molecule has 0 saturated heterocycles. The Labute approximate surface area is 124 Å². The Hall–Kier alpha value is -2.55. The third-order valence-electron chi connectivity index (χ3n) is 3.58. The van der Waals surface area contributed by atoms with E-state index in [1.165, 1.54) is 17.2 Å². The first-order valence-corrected chi connectivity index (χ1v) is 6.98. The van der Waals surface area contributed by atoms with Gasteiger partial charge in [0, 0.05) is 18.8 Å². The van der Waals surface area contributed by atoms with Crippen LogP contribution in [0, 0.1) is 0 Å². The third kappa shape index (κ3) is 3.14. The molecular weight excluding hydrogens is 262 g/mol. The number of hydrogen-bond acceptors (Lipinski definition) is 3. The van der Waals surface area contributed by atoms with Gasteiger partial charge in [-0.1, -0.05) is 42.5 Å². The van der Waals surface area contributed by atoms with Crippen LogP contribution in [0.3, 0.4) is 0 Å². The summed E-state index contributed by atoms with van der Waals surface area (Å²) in [4.78, 5) is 13.1. The number of likely N-dealkylation sites (N-methyl/N-ethyl adjacent to an activating group) is 1. The van der Waals surface area contributed by atoms with Crippen LogP contribution in [0.5, 0.6) is 0 Å². The molecule has 0 radical (unpaired) electrons. The molecule has 1 aliphatic rings. The summed E-state index contributed by atoms with van der Waals surface area (Å²) in [6.07, 6.45) is 3.13. The van der Waals surface area contributed by atoms with Crippen molar-refractivity contribution in [2.24, 2.45) is 0 Å². The molecule has 0 bridgehead atoms. The number of hydrogen-bond donors (Lipinski definition) is 0. The van der Waals surface area contributed by atoms with Crippen LogP contribution in [0.4, 0.5) is 5.69 Å². The van der Waals surface area contributed by atoms with Crippen LogP contribution in [0.2, 0.25) is 0 Å². The van der Waals surface area contributed by atoms with Crippen LogP contribution in [-0.2, 0) is 9.53 Å². The van der Waals surface area contributed by atoms with E-state index in [-0.39, 0.29) is 12.1 Å². The van der Waals surface area contributed by atoms with Crippen molar-refractivity contribution in [1.82, 2.24) is 0 Å². The Morgan fingerprint density at radius 1 is 1.00 bits per heavy atom. The lowest BCUT2D eigenvalue weighted by Gasteiger charge is -2.22. The number of rotatable bonds is 4. The Morgan fingerprint density at radius 2 is 1.67 bits per heavy atom. The van der Waals surface area contributed by atoms with Gasteiger partial charge in [-0.05, 0) is 29.3 Å². The number of anilines is 1. The van der Waals surface area contributed by atoms with E-state index < -0.39 is 0 Å². The summed E-state index contributed by atoms with van der Waals surface area (Å²) in [6, 6.07) is 18.7. The first-order chi connectivity index (χ1) is 10.2. The maximum Gasteiger partial charge on any atom is 0.331 e. The van der Waals surface area contributed by atoms with Crippen molar-refractivity contribution < 1.29 is 9.53 Å². The predicted octanol–water partition coefficient (Wildman–Crippen LogP) is 3.27. The zero-order chi connectivity index (χ0) is 14.7. The lowest BCUT2D eigenvalue weighted by atomic mass is 10.1. The standard InChI is InChI=1S/C18H17NO2/c1-19(13-17-11-12-18(20)21-17)16-9-7-15(8-10-16)14-5-3-2-4-6-14/h2-12,17H,13H2,1H3. The largest absolute Gasteiger partial charge is 0.453 e. The van der Waals surface area contributed by atoms with Crippen molar-refractivity contribution >= 4 is 11.7 Å². The number of benzene rings is 2. The summed E-state index contributed by atoms with van der Waals surface area (Å²) in [5.41, 5.74) is 3.50. The first-order valence-electron chi connectivity index (χ1n) is 6.98. The molecule has 1 atom stereocenters. The average Bonchev–Trinajstić information content (AvgIpc) is 2.93. The monoisotopic (exact) mass is 279 g/mol. The smallest absolute Gasteiger partial charge is 0.331 e. The molecular formula is C18H17NO2. The number of nitrogens with zero attached hydrogens (tertiary/aromatic N) is 1. The zero-order valence-electron chi connectivity index (χ0n) is 11.9. The summed E-state index contributed by atoms with van der Waals surface area (Å²) in [7, 11) is 2.00. The van der Waals surface area contributed by atoms with E-state index in [0.29, 0.717) is 6.54 Å². The Kier molecular flexibility index (Phi) is 3.73. The van der Waals surface area contributed by atoms with E-state index in [0.717, 1.165) is 5.69 Å². The van der Waals surface area contributed by atoms with Gasteiger partial charge in [0.1, 0.15) is 6.10 Å². The maximum atomic E-state index is 11.0. The molecule has 3 heteroatoms. The molecule has 106 valence electrons. The van der Waals surface area contributed by atoms with Crippen LogP contribution in [0.15, 0.2) is 66.7 Å². The van der Waals surface area contributed by atoms with E-state index in [1.807, 2.05) is 25.2 Å². The van der Waals surface area contributed by atoms with Crippen molar-refractivity contribution in [3.63, 3.8) is 0 Å². The van der Waals surface area contributed by atoms with Crippen LogP contribution < -0.4 is 4.90 Å². The van der Waals surface area contributed by atoms with E-state index in [1.54, 1.807) is 6.08 Å². The topological polar surface area (TPSA) is 29.5 Å². The highest BCUT2D eigenvalue weighted by Crippen LogP contribution is 2.23. The minimum absolute atomic E-state index is 0.156. The molecule has 0 fully saturated rings. The van der Waals surface area contributed by atoms with Crippen molar-refractivity contribution in [3.05, 3.63) is 66.7 Å². The quantitative estimate of drug-likeness (QED) is 0.804. The molecule has 2 aromatic rings. The van der Waals surface area contributed by atoms with Gasteiger partial charge in [-0.15, -0.1) is 0 Å². The molecule has 3 rings (SSSR count). The second-order valence-corrected chi connectivity index (χ2v) is 5.13. The molecule has 0 saturated carbocycles. The summed E-state index contributed by atoms with van der Waals surface area (Å²) in [5, 5.41) is 0. The summed E-state index contributed by atoms with van der Waals surface area (Å²) in [6.45, 7) is 0.660. The molecule has 0 aromatic heterocycles. The fourth-order valence-electron chi connectivity index (χ4n) is 2.43. The van der Waals surface area contributed by atoms with Crippen molar-refractivity contribution in [2.45, 2.75) is 6.10 Å². The molecule has 1 aliphatic heterocycles. The summed E-state index contributed by atoms with van der Waals surface area (Å²) in [5.74, 6) is -0.257. The van der Waals surface area contributed by atoms with Crippen LogP contribution in [0.25, 0.3) is 11.1 Å². The highest BCUT2D eigenvalue weighted by Gasteiger charge is 2.18. The molecule has 1 unspecified atom stereocenters. The van der Waals surface area contributed by atoms with Gasteiger partial charge < -0.3 is 9.64 Å². The van der Waals surface area contributed by atoms with E-state index in [2.05, 4.69) is 41.3 Å². The normalized spacial score (nSPS) is 16.8. The van der Waals surface area contributed by atoms with E-state index in [4.69, 9.17) is 4.74 Å². The number of carbonyl (C=O) groups is 1. The second kappa shape index (κ2) is 5.83. The molecule has 0 spiro atoms. The molecule has 3 nitrogen and oxygen atoms in total. The minimum atomic E-state index is -0.257. The highest BCUT2D eigenvalue weighted by molar-refractivity contribution is 5.84. The summed E-state index contributed by atoms with van der Waals surface area (Å²) < 4.78 is 5.15. The van der Waals surface area contributed by atoms with Crippen LogP contribution >= 0.6 is 0 Å².